The van der Waals surface area contributed by atoms with E-state index in [0.29, 0.717) is 5.56 Å². The quantitative estimate of drug-likeness (QED) is 0.216. The van der Waals surface area contributed by atoms with Crippen molar-refractivity contribution in [3.05, 3.63) is 59.4 Å². The number of hydrogen-bond acceptors (Lipinski definition) is 7. The van der Waals surface area contributed by atoms with Crippen LogP contribution in [0.1, 0.15) is 70.4 Å². The highest BCUT2D eigenvalue weighted by Gasteiger charge is 2.54. The largest absolute Gasteiger partial charge is 0.445 e. The summed E-state index contributed by atoms with van der Waals surface area (Å²) in [5, 5.41) is 4.97. The third-order valence-corrected chi connectivity index (χ3v) is 9.76. The second kappa shape index (κ2) is 14.8. The zero-order chi connectivity index (χ0) is 38.1. The third kappa shape index (κ3) is 8.87. The van der Waals surface area contributed by atoms with E-state index in [1.807, 2.05) is 0 Å². The summed E-state index contributed by atoms with van der Waals surface area (Å²) in [5.41, 5.74) is 3.43. The number of anilines is 2. The smallest absolute Gasteiger partial charge is 0.410 e. The number of halogens is 5. The number of carbonyl (C=O) groups is 4. The minimum Gasteiger partial charge on any atom is -0.445 e. The first-order valence-corrected chi connectivity index (χ1v) is 17.2. The predicted molar refractivity (Wildman–Crippen MR) is 180 cm³/mol. The van der Waals surface area contributed by atoms with Crippen LogP contribution in [0.5, 0.6) is 0 Å². The molecule has 1 atom stereocenters. The van der Waals surface area contributed by atoms with Gasteiger partial charge < -0.3 is 35.6 Å². The predicted octanol–water partition coefficient (Wildman–Crippen LogP) is 6.21. The average molecular weight is 738 g/mol. The lowest BCUT2D eigenvalue weighted by atomic mass is 9.70. The van der Waals surface area contributed by atoms with Crippen molar-refractivity contribution in [2.24, 2.45) is 5.92 Å². The molecule has 0 spiro atoms. The van der Waals surface area contributed by atoms with Crippen molar-refractivity contribution in [2.75, 3.05) is 37.2 Å². The van der Waals surface area contributed by atoms with Gasteiger partial charge in [0.15, 0.2) is 5.82 Å². The van der Waals surface area contributed by atoms with Crippen molar-refractivity contribution >= 4 is 35.4 Å². The summed E-state index contributed by atoms with van der Waals surface area (Å²) >= 11 is 0. The molecule has 3 aliphatic rings. The van der Waals surface area contributed by atoms with Gasteiger partial charge in [-0.3, -0.25) is 9.59 Å². The molecule has 11 nitrogen and oxygen atoms in total. The van der Waals surface area contributed by atoms with Gasteiger partial charge >= 0.3 is 12.2 Å². The number of piperidine rings is 1. The summed E-state index contributed by atoms with van der Waals surface area (Å²) in [6, 6.07) is 9.87. The summed E-state index contributed by atoms with van der Waals surface area (Å²) in [6.45, 7) is 3.17. The molecule has 4 amide bonds. The van der Waals surface area contributed by atoms with Crippen LogP contribution in [0.3, 0.4) is 0 Å². The highest BCUT2D eigenvalue weighted by molar-refractivity contribution is 5.99. The van der Waals surface area contributed by atoms with Crippen molar-refractivity contribution in [1.29, 1.82) is 0 Å². The lowest BCUT2D eigenvalue weighted by Crippen LogP contribution is -2.64. The molecule has 0 bridgehead atoms. The Morgan fingerprint density at radius 2 is 1.52 bits per heavy atom. The van der Waals surface area contributed by atoms with E-state index in [4.69, 9.17) is 15.2 Å². The Morgan fingerprint density at radius 3 is 2.10 bits per heavy atom. The zero-order valence-electron chi connectivity index (χ0n) is 29.3. The lowest BCUT2D eigenvalue weighted by molar-refractivity contribution is -0.173. The Bertz CT molecular complexity index is 1640. The van der Waals surface area contributed by atoms with Crippen molar-refractivity contribution in [3.63, 3.8) is 0 Å². The molecule has 16 heteroatoms. The van der Waals surface area contributed by atoms with Gasteiger partial charge in [0.2, 0.25) is 17.7 Å². The summed E-state index contributed by atoms with van der Waals surface area (Å²) in [7, 11) is 0. The van der Waals surface area contributed by atoms with Gasteiger partial charge in [0.05, 0.1) is 29.9 Å². The first-order chi connectivity index (χ1) is 24.3. The van der Waals surface area contributed by atoms with Gasteiger partial charge in [-0.1, -0.05) is 36.4 Å². The Labute approximate surface area is 298 Å². The summed E-state index contributed by atoms with van der Waals surface area (Å²) in [6.07, 6.45) is -3.05. The van der Waals surface area contributed by atoms with E-state index in [-0.39, 0.29) is 56.6 Å². The maximum atomic E-state index is 16.4. The fraction of sp³-hybridized carbons (Fsp3) is 0.556. The van der Waals surface area contributed by atoms with Crippen LogP contribution in [0.4, 0.5) is 42.9 Å². The zero-order valence-corrected chi connectivity index (χ0v) is 29.3. The number of alkyl carbamates (subject to hydrolysis) is 1. The van der Waals surface area contributed by atoms with Gasteiger partial charge in [0.1, 0.15) is 18.2 Å². The number of nitrogens with two attached hydrogens (primary N) is 1. The Balaban J connectivity index is 1.37. The molecule has 0 aromatic heterocycles. The molecule has 2 aromatic carbocycles. The highest BCUT2D eigenvalue weighted by Crippen LogP contribution is 2.44. The van der Waals surface area contributed by atoms with Crippen molar-refractivity contribution in [2.45, 2.75) is 94.8 Å². The SMILES string of the molecule is CC(C)(C)OC(=O)N1CCC(C(=O)N2CC(F)(F)C2)(c2ccc(NC(=O)[C@@H](NC(=O)OCc3ccccc3)C3CCC(F)(F)CC3)c(N)c2F)CC1. The summed E-state index contributed by atoms with van der Waals surface area (Å²) in [4.78, 5) is 55.4. The highest BCUT2D eigenvalue weighted by atomic mass is 19.3. The molecule has 2 aromatic rings. The number of hydrogen-bond donors (Lipinski definition) is 3. The number of benzene rings is 2. The molecule has 0 radical (unpaired) electrons. The van der Waals surface area contributed by atoms with E-state index in [0.717, 1.165) is 4.90 Å². The van der Waals surface area contributed by atoms with Gasteiger partial charge in [0, 0.05) is 31.5 Å². The standard InChI is InChI=1S/C36H44F5N5O6/c1-33(2,3)52-32(50)45-17-15-34(16-18-45,30(48)46-20-36(40,41)21-46)24-9-10-25(27(42)26(24)37)43-29(47)28(23-11-13-35(38,39)14-12-23)44-31(49)51-19-22-7-5-4-6-8-22/h4-10,23,28H,11-21,42H2,1-3H3,(H,43,47)(H,44,49)/t28-/m0/s1. The van der Waals surface area contributed by atoms with Gasteiger partial charge in [-0.2, -0.15) is 0 Å². The number of rotatable bonds is 8. The van der Waals surface area contributed by atoms with Gasteiger partial charge in [0.25, 0.3) is 5.92 Å². The van der Waals surface area contributed by atoms with Crippen LogP contribution in [-0.4, -0.2) is 83.5 Å². The lowest BCUT2D eigenvalue weighted by Gasteiger charge is -2.47. The molecule has 284 valence electrons. The number of nitrogens with zero attached hydrogens (tertiary/aromatic N) is 2. The third-order valence-electron chi connectivity index (χ3n) is 9.76. The summed E-state index contributed by atoms with van der Waals surface area (Å²) < 4.78 is 82.8. The van der Waals surface area contributed by atoms with Gasteiger partial charge in [-0.25, -0.2) is 31.5 Å². The van der Waals surface area contributed by atoms with Crippen molar-refractivity contribution in [3.8, 4) is 0 Å². The van der Waals surface area contributed by atoms with Crippen LogP contribution in [0.2, 0.25) is 0 Å². The average Bonchev–Trinajstić information content (AvgIpc) is 3.07. The fourth-order valence-electron chi connectivity index (χ4n) is 6.92. The molecule has 4 N–H and O–H groups in total. The molecule has 5 rings (SSSR count). The van der Waals surface area contributed by atoms with Gasteiger partial charge in [-0.05, 0) is 64.0 Å². The number of carbonyl (C=O) groups excluding carboxylic acids is 4. The van der Waals surface area contributed by atoms with E-state index in [2.05, 4.69) is 10.6 Å². The first-order valence-electron chi connectivity index (χ1n) is 17.2. The molecular weight excluding hydrogens is 693 g/mol. The number of alkyl halides is 4. The molecule has 2 heterocycles. The maximum Gasteiger partial charge on any atom is 0.410 e. The van der Waals surface area contributed by atoms with E-state index in [1.165, 1.54) is 17.0 Å². The van der Waals surface area contributed by atoms with Crippen LogP contribution < -0.4 is 16.4 Å². The monoisotopic (exact) mass is 737 g/mol. The summed E-state index contributed by atoms with van der Waals surface area (Å²) in [5.74, 6) is -9.40. The van der Waals surface area contributed by atoms with Crippen LogP contribution in [-0.2, 0) is 31.1 Å². The van der Waals surface area contributed by atoms with Crippen molar-refractivity contribution in [1.82, 2.24) is 15.1 Å². The number of nitrogens with one attached hydrogen (secondary N) is 2. The maximum absolute atomic E-state index is 16.4. The van der Waals surface area contributed by atoms with Crippen LogP contribution in [0.15, 0.2) is 42.5 Å². The van der Waals surface area contributed by atoms with E-state index in [1.54, 1.807) is 51.1 Å². The van der Waals surface area contributed by atoms with Crippen LogP contribution >= 0.6 is 0 Å². The molecule has 1 saturated carbocycles. The Kier molecular flexibility index (Phi) is 11.0. The molecule has 52 heavy (non-hydrogen) atoms. The minimum atomic E-state index is -3.09. The topological polar surface area (TPSA) is 143 Å². The number of nitrogen functional groups attached to an aromatic ring is 1. The molecular formula is C36H44F5N5O6. The molecule has 2 aliphatic heterocycles. The minimum absolute atomic E-state index is 0.0448. The van der Waals surface area contributed by atoms with E-state index >= 15 is 4.39 Å². The fourth-order valence-corrected chi connectivity index (χ4v) is 6.92. The Morgan fingerprint density at radius 1 is 0.904 bits per heavy atom. The first kappa shape index (κ1) is 38.6. The number of ether oxygens (including phenoxy) is 2. The van der Waals surface area contributed by atoms with E-state index in [9.17, 15) is 36.7 Å². The number of likely N-dealkylation sites (tertiary alicyclic amines) is 2. The van der Waals surface area contributed by atoms with Crippen molar-refractivity contribution < 1.29 is 50.6 Å². The van der Waals surface area contributed by atoms with Crippen LogP contribution in [0, 0.1) is 11.7 Å². The Hall–Kier alpha value is -4.63. The molecule has 1 aliphatic carbocycles. The van der Waals surface area contributed by atoms with Gasteiger partial charge in [-0.15, -0.1) is 0 Å². The second-order valence-corrected chi connectivity index (χ2v) is 14.8. The number of amides is 4. The molecule has 0 unspecified atom stereocenters. The normalized spacial score (nSPS) is 20.2. The molecule has 3 fully saturated rings. The second-order valence-electron chi connectivity index (χ2n) is 14.8. The van der Waals surface area contributed by atoms with E-state index < -0.39 is 96.3 Å². The van der Waals surface area contributed by atoms with Crippen LogP contribution in [0.25, 0.3) is 0 Å². The molecule has 2 saturated heterocycles.